The summed E-state index contributed by atoms with van der Waals surface area (Å²) >= 11 is 0. The quantitative estimate of drug-likeness (QED) is 0.633. The first-order chi connectivity index (χ1) is 6.69. The minimum absolute atomic E-state index is 0.838. The van der Waals surface area contributed by atoms with E-state index in [2.05, 4.69) is 6.08 Å². The smallest absolute Gasteiger partial charge is 0.129 e. The standard InChI is InChI=1S/C10H14B2O2/c1-13-8-4-3-5-9(14-2)7(8)6-10(11)12/h3-6H,11-12H2,1-2H3. The van der Waals surface area contributed by atoms with Crippen LogP contribution in [0.1, 0.15) is 5.56 Å². The van der Waals surface area contributed by atoms with Crippen LogP contribution in [0.2, 0.25) is 0 Å². The van der Waals surface area contributed by atoms with Crippen LogP contribution < -0.4 is 9.47 Å². The van der Waals surface area contributed by atoms with Crippen molar-refractivity contribution in [1.29, 1.82) is 0 Å². The van der Waals surface area contributed by atoms with E-state index in [4.69, 9.17) is 9.47 Å². The molecule has 2 nitrogen and oxygen atoms in total. The number of benzene rings is 1. The van der Waals surface area contributed by atoms with Gasteiger partial charge in [0.05, 0.1) is 19.8 Å². The molecule has 0 saturated carbocycles. The number of methoxy groups -OCH3 is 2. The second kappa shape index (κ2) is 4.80. The molecular formula is C10H14B2O2. The van der Waals surface area contributed by atoms with Gasteiger partial charge in [-0.05, 0) is 12.1 Å². The van der Waals surface area contributed by atoms with Gasteiger partial charge in [0.1, 0.15) is 27.2 Å². The minimum Gasteiger partial charge on any atom is -0.496 e. The summed E-state index contributed by atoms with van der Waals surface area (Å²) in [6.07, 6.45) is 2.05. The topological polar surface area (TPSA) is 18.5 Å². The lowest BCUT2D eigenvalue weighted by atomic mass is 9.77. The van der Waals surface area contributed by atoms with Crippen LogP contribution in [0.15, 0.2) is 23.6 Å². The molecule has 0 aliphatic heterocycles. The Kier molecular flexibility index (Phi) is 3.69. The highest BCUT2D eigenvalue weighted by molar-refractivity contribution is 6.50. The Morgan fingerprint density at radius 1 is 1.14 bits per heavy atom. The molecule has 1 aromatic carbocycles. The third-order valence-corrected chi connectivity index (χ3v) is 1.90. The molecule has 72 valence electrons. The lowest BCUT2D eigenvalue weighted by Crippen LogP contribution is -1.93. The number of ether oxygens (including phenoxy) is 2. The van der Waals surface area contributed by atoms with E-state index in [0.29, 0.717) is 0 Å². The van der Waals surface area contributed by atoms with Gasteiger partial charge in [-0.1, -0.05) is 12.1 Å². The van der Waals surface area contributed by atoms with Crippen LogP contribution >= 0.6 is 0 Å². The number of hydrogen-bond donors (Lipinski definition) is 0. The predicted molar refractivity (Wildman–Crippen MR) is 64.6 cm³/mol. The van der Waals surface area contributed by atoms with Crippen molar-refractivity contribution in [2.45, 2.75) is 0 Å². The Hall–Kier alpha value is -1.31. The van der Waals surface area contributed by atoms with Crippen molar-refractivity contribution in [1.82, 2.24) is 0 Å². The van der Waals surface area contributed by atoms with Crippen molar-refractivity contribution in [3.63, 3.8) is 0 Å². The molecule has 0 aliphatic carbocycles. The number of rotatable bonds is 3. The van der Waals surface area contributed by atoms with E-state index in [9.17, 15) is 0 Å². The van der Waals surface area contributed by atoms with E-state index in [0.717, 1.165) is 17.1 Å². The Morgan fingerprint density at radius 2 is 1.64 bits per heavy atom. The van der Waals surface area contributed by atoms with Gasteiger partial charge in [0, 0.05) is 0 Å². The fraction of sp³-hybridized carbons (Fsp3) is 0.200. The van der Waals surface area contributed by atoms with E-state index >= 15 is 0 Å². The van der Waals surface area contributed by atoms with Gasteiger partial charge in [-0.15, -0.1) is 5.37 Å². The Labute approximate surface area is 86.7 Å². The zero-order chi connectivity index (χ0) is 10.6. The van der Waals surface area contributed by atoms with Crippen molar-refractivity contribution in [3.05, 3.63) is 29.1 Å². The molecule has 0 heterocycles. The van der Waals surface area contributed by atoms with Crippen LogP contribution in [-0.2, 0) is 0 Å². The van der Waals surface area contributed by atoms with Gasteiger partial charge < -0.3 is 9.47 Å². The maximum Gasteiger partial charge on any atom is 0.129 e. The molecule has 1 rings (SSSR count). The molecule has 0 spiro atoms. The third-order valence-electron chi connectivity index (χ3n) is 1.90. The van der Waals surface area contributed by atoms with E-state index in [1.165, 1.54) is 5.37 Å². The van der Waals surface area contributed by atoms with Crippen LogP contribution in [0.5, 0.6) is 11.5 Å². The Bertz CT molecular complexity index is 322. The van der Waals surface area contributed by atoms with Crippen LogP contribution in [-0.4, -0.2) is 29.9 Å². The zero-order valence-corrected chi connectivity index (χ0v) is 9.13. The third kappa shape index (κ3) is 2.34. The van der Waals surface area contributed by atoms with Gasteiger partial charge in [0.2, 0.25) is 0 Å². The molecule has 0 bridgehead atoms. The van der Waals surface area contributed by atoms with Crippen LogP contribution in [0.3, 0.4) is 0 Å². The maximum atomic E-state index is 5.26. The zero-order valence-electron chi connectivity index (χ0n) is 9.13. The lowest BCUT2D eigenvalue weighted by Gasteiger charge is -2.10. The fourth-order valence-corrected chi connectivity index (χ4v) is 1.31. The maximum absolute atomic E-state index is 5.26. The molecule has 0 unspecified atom stereocenters. The van der Waals surface area contributed by atoms with Crippen molar-refractivity contribution in [2.75, 3.05) is 14.2 Å². The van der Waals surface area contributed by atoms with Crippen LogP contribution in [0, 0.1) is 0 Å². The van der Waals surface area contributed by atoms with Crippen LogP contribution in [0.4, 0.5) is 0 Å². The first-order valence-electron chi connectivity index (χ1n) is 4.55. The second-order valence-electron chi connectivity index (χ2n) is 3.30. The van der Waals surface area contributed by atoms with Gasteiger partial charge in [0.25, 0.3) is 0 Å². The van der Waals surface area contributed by atoms with E-state index in [1.54, 1.807) is 14.2 Å². The molecule has 1 aromatic rings. The molecule has 0 N–H and O–H groups in total. The summed E-state index contributed by atoms with van der Waals surface area (Å²) in [5.74, 6) is 1.68. The Balaban J connectivity index is 3.26. The molecular weight excluding hydrogens is 174 g/mol. The molecule has 14 heavy (non-hydrogen) atoms. The van der Waals surface area contributed by atoms with Gasteiger partial charge in [-0.2, -0.15) is 0 Å². The molecule has 0 fully saturated rings. The molecule has 0 atom stereocenters. The SMILES string of the molecule is BC(B)=Cc1c(OC)cccc1OC. The molecule has 0 saturated heterocycles. The van der Waals surface area contributed by atoms with E-state index in [-0.39, 0.29) is 0 Å². The predicted octanol–water partition coefficient (Wildman–Crippen LogP) is 0.268. The molecule has 4 heteroatoms. The van der Waals surface area contributed by atoms with Gasteiger partial charge in [-0.3, -0.25) is 0 Å². The molecule has 0 radical (unpaired) electrons. The summed E-state index contributed by atoms with van der Waals surface area (Å²) in [6.45, 7) is 0. The summed E-state index contributed by atoms with van der Waals surface area (Å²) in [5, 5.41) is 1.22. The van der Waals surface area contributed by atoms with E-state index in [1.807, 2.05) is 33.9 Å². The Morgan fingerprint density at radius 3 is 2.00 bits per heavy atom. The summed E-state index contributed by atoms with van der Waals surface area (Å²) in [4.78, 5) is 0. The highest BCUT2D eigenvalue weighted by atomic mass is 16.5. The minimum atomic E-state index is 0.838. The summed E-state index contributed by atoms with van der Waals surface area (Å²) in [5.41, 5.74) is 0.998. The molecule has 0 amide bonds. The van der Waals surface area contributed by atoms with Gasteiger partial charge in [-0.25, -0.2) is 0 Å². The normalized spacial score (nSPS) is 9.29. The first-order valence-corrected chi connectivity index (χ1v) is 4.55. The highest BCUT2D eigenvalue weighted by Crippen LogP contribution is 2.29. The van der Waals surface area contributed by atoms with Crippen molar-refractivity contribution in [3.8, 4) is 11.5 Å². The average Bonchev–Trinajstić information content (AvgIpc) is 2.17. The van der Waals surface area contributed by atoms with Gasteiger partial charge >= 0.3 is 0 Å². The largest absolute Gasteiger partial charge is 0.496 e. The summed E-state index contributed by atoms with van der Waals surface area (Å²) < 4.78 is 10.5. The van der Waals surface area contributed by atoms with Crippen molar-refractivity contribution in [2.24, 2.45) is 0 Å². The molecule has 0 aliphatic rings. The van der Waals surface area contributed by atoms with E-state index < -0.39 is 0 Å². The highest BCUT2D eigenvalue weighted by Gasteiger charge is 2.05. The first kappa shape index (κ1) is 10.8. The molecule has 0 aromatic heterocycles. The second-order valence-corrected chi connectivity index (χ2v) is 3.30. The van der Waals surface area contributed by atoms with Gasteiger partial charge in [0.15, 0.2) is 0 Å². The number of hydrogen-bond acceptors (Lipinski definition) is 2. The van der Waals surface area contributed by atoms with Crippen molar-refractivity contribution >= 4 is 21.8 Å². The van der Waals surface area contributed by atoms with Crippen molar-refractivity contribution < 1.29 is 9.47 Å². The summed E-state index contributed by atoms with van der Waals surface area (Å²) in [6, 6.07) is 5.77. The monoisotopic (exact) mass is 188 g/mol. The average molecular weight is 188 g/mol. The summed E-state index contributed by atoms with van der Waals surface area (Å²) in [7, 11) is 7.42. The fourth-order valence-electron chi connectivity index (χ4n) is 1.31. The lowest BCUT2D eigenvalue weighted by molar-refractivity contribution is 0.392. The van der Waals surface area contributed by atoms with Crippen LogP contribution in [0.25, 0.3) is 6.08 Å².